The highest BCUT2D eigenvalue weighted by atomic mass is 16.6. The Hall–Kier alpha value is -2.37. The van der Waals surface area contributed by atoms with Gasteiger partial charge in [0.15, 0.2) is 5.75 Å². The molecule has 1 rings (SSSR count). The Morgan fingerprint density at radius 1 is 1.60 bits per heavy atom. The van der Waals surface area contributed by atoms with Crippen LogP contribution in [0.2, 0.25) is 0 Å². The van der Waals surface area contributed by atoms with Crippen LogP contribution >= 0.6 is 0 Å². The van der Waals surface area contributed by atoms with Gasteiger partial charge < -0.3 is 9.84 Å². The lowest BCUT2D eigenvalue weighted by atomic mass is 10.3. The van der Waals surface area contributed by atoms with Gasteiger partial charge in [0.25, 0.3) is 0 Å². The molecule has 6 heteroatoms. The van der Waals surface area contributed by atoms with Crippen LogP contribution in [0.1, 0.15) is 0 Å². The molecule has 15 heavy (non-hydrogen) atoms. The van der Waals surface area contributed by atoms with Crippen LogP contribution in [0.15, 0.2) is 30.9 Å². The minimum absolute atomic E-state index is 0.0167. The van der Waals surface area contributed by atoms with Crippen LogP contribution in [0, 0.1) is 10.1 Å². The highest BCUT2D eigenvalue weighted by Crippen LogP contribution is 2.29. The Kier molecular flexibility index (Phi) is 3.02. The van der Waals surface area contributed by atoms with E-state index in [0.29, 0.717) is 0 Å². The SMILES string of the molecule is C=CC(=O)Oc1ccc([N+](=O)[O-])c(O)c1. The zero-order chi connectivity index (χ0) is 11.4. The highest BCUT2D eigenvalue weighted by Gasteiger charge is 2.14. The van der Waals surface area contributed by atoms with Gasteiger partial charge in [0.05, 0.1) is 4.92 Å². The highest BCUT2D eigenvalue weighted by molar-refractivity contribution is 5.83. The van der Waals surface area contributed by atoms with E-state index in [4.69, 9.17) is 0 Å². The van der Waals surface area contributed by atoms with Crippen LogP contribution in [0.3, 0.4) is 0 Å². The van der Waals surface area contributed by atoms with Crippen molar-refractivity contribution in [3.63, 3.8) is 0 Å². The zero-order valence-electron chi connectivity index (χ0n) is 7.54. The number of carbonyl (C=O) groups excluding carboxylic acids is 1. The number of carbonyl (C=O) groups is 1. The second-order valence-corrected chi connectivity index (χ2v) is 2.53. The maximum atomic E-state index is 10.8. The fraction of sp³-hybridized carbons (Fsp3) is 0. The molecule has 0 amide bonds. The topological polar surface area (TPSA) is 89.7 Å². The van der Waals surface area contributed by atoms with Gasteiger partial charge in [-0.3, -0.25) is 10.1 Å². The summed E-state index contributed by atoms with van der Waals surface area (Å²) < 4.78 is 4.64. The summed E-state index contributed by atoms with van der Waals surface area (Å²) in [5.74, 6) is -1.25. The van der Waals surface area contributed by atoms with E-state index in [9.17, 15) is 20.0 Å². The molecule has 0 unspecified atom stereocenters. The summed E-state index contributed by atoms with van der Waals surface area (Å²) in [5.41, 5.74) is -0.451. The number of esters is 1. The number of nitrogens with zero attached hydrogens (tertiary/aromatic N) is 1. The monoisotopic (exact) mass is 209 g/mol. The first kappa shape index (κ1) is 10.7. The van der Waals surface area contributed by atoms with E-state index in [2.05, 4.69) is 11.3 Å². The van der Waals surface area contributed by atoms with E-state index in [1.165, 1.54) is 6.07 Å². The van der Waals surface area contributed by atoms with Crippen molar-refractivity contribution in [2.45, 2.75) is 0 Å². The molecular weight excluding hydrogens is 202 g/mol. The van der Waals surface area contributed by atoms with Crippen LogP contribution in [0.4, 0.5) is 5.69 Å². The van der Waals surface area contributed by atoms with Crippen LogP contribution in [-0.4, -0.2) is 16.0 Å². The quantitative estimate of drug-likeness (QED) is 0.267. The maximum Gasteiger partial charge on any atom is 0.335 e. The Morgan fingerprint density at radius 3 is 2.73 bits per heavy atom. The molecule has 6 nitrogen and oxygen atoms in total. The van der Waals surface area contributed by atoms with Crippen LogP contribution in [0.25, 0.3) is 0 Å². The number of hydrogen-bond acceptors (Lipinski definition) is 5. The molecule has 0 aliphatic heterocycles. The lowest BCUT2D eigenvalue weighted by Gasteiger charge is -2.01. The van der Waals surface area contributed by atoms with Crippen molar-refractivity contribution in [3.05, 3.63) is 41.0 Å². The average molecular weight is 209 g/mol. The number of rotatable bonds is 3. The number of ether oxygens (including phenoxy) is 1. The van der Waals surface area contributed by atoms with Crippen LogP contribution in [-0.2, 0) is 4.79 Å². The first-order valence-corrected chi connectivity index (χ1v) is 3.86. The van der Waals surface area contributed by atoms with Crippen molar-refractivity contribution in [1.29, 1.82) is 0 Å². The third-order valence-corrected chi connectivity index (χ3v) is 1.53. The summed E-state index contributed by atoms with van der Waals surface area (Å²) in [5, 5.41) is 19.5. The Bertz CT molecular complexity index is 427. The lowest BCUT2D eigenvalue weighted by molar-refractivity contribution is -0.385. The summed E-state index contributed by atoms with van der Waals surface area (Å²) in [6.07, 6.45) is 0.943. The van der Waals surface area contributed by atoms with Crippen LogP contribution in [0.5, 0.6) is 11.5 Å². The summed E-state index contributed by atoms with van der Waals surface area (Å²) in [7, 11) is 0. The van der Waals surface area contributed by atoms with Crippen molar-refractivity contribution in [3.8, 4) is 11.5 Å². The van der Waals surface area contributed by atoms with Crippen molar-refractivity contribution >= 4 is 11.7 Å². The molecule has 78 valence electrons. The van der Waals surface area contributed by atoms with Crippen molar-refractivity contribution in [2.75, 3.05) is 0 Å². The molecule has 1 N–H and O–H groups in total. The van der Waals surface area contributed by atoms with Gasteiger partial charge in [-0.15, -0.1) is 0 Å². The molecule has 0 saturated heterocycles. The van der Waals surface area contributed by atoms with Gasteiger partial charge in [-0.2, -0.15) is 0 Å². The molecule has 0 aromatic heterocycles. The van der Waals surface area contributed by atoms with Crippen LogP contribution < -0.4 is 4.74 Å². The molecule has 1 aromatic carbocycles. The molecule has 0 atom stereocenters. The van der Waals surface area contributed by atoms with E-state index in [0.717, 1.165) is 18.2 Å². The fourth-order valence-corrected chi connectivity index (χ4v) is 0.879. The fourth-order valence-electron chi connectivity index (χ4n) is 0.879. The number of nitro benzene ring substituents is 1. The van der Waals surface area contributed by atoms with Gasteiger partial charge in [0.1, 0.15) is 5.75 Å². The molecule has 0 bridgehead atoms. The Balaban J connectivity index is 2.96. The van der Waals surface area contributed by atoms with Crippen molar-refractivity contribution < 1.29 is 19.6 Å². The average Bonchev–Trinajstić information content (AvgIpc) is 2.17. The molecule has 0 saturated carbocycles. The molecule has 1 aromatic rings. The molecule has 0 radical (unpaired) electrons. The number of phenolic OH excluding ortho intramolecular Hbond substituents is 1. The minimum atomic E-state index is -0.742. The summed E-state index contributed by atoms with van der Waals surface area (Å²) in [6.45, 7) is 3.18. The van der Waals surface area contributed by atoms with Crippen molar-refractivity contribution in [2.24, 2.45) is 0 Å². The molecule has 0 fully saturated rings. The van der Waals surface area contributed by atoms with Gasteiger partial charge in [-0.25, -0.2) is 4.79 Å². The predicted octanol–water partition coefficient (Wildman–Crippen LogP) is 1.39. The summed E-state index contributed by atoms with van der Waals surface area (Å²) in [6, 6.07) is 3.24. The van der Waals surface area contributed by atoms with Crippen molar-refractivity contribution in [1.82, 2.24) is 0 Å². The number of hydrogen-bond donors (Lipinski definition) is 1. The van der Waals surface area contributed by atoms with Gasteiger partial charge in [-0.1, -0.05) is 6.58 Å². The van der Waals surface area contributed by atoms with E-state index in [1.807, 2.05) is 0 Å². The third-order valence-electron chi connectivity index (χ3n) is 1.53. The third kappa shape index (κ3) is 2.53. The minimum Gasteiger partial charge on any atom is -0.502 e. The zero-order valence-corrected chi connectivity index (χ0v) is 7.54. The number of nitro groups is 1. The van der Waals surface area contributed by atoms with Gasteiger partial charge in [0, 0.05) is 18.2 Å². The predicted molar refractivity (Wildman–Crippen MR) is 50.6 cm³/mol. The molecule has 0 aliphatic carbocycles. The van der Waals surface area contributed by atoms with E-state index in [1.54, 1.807) is 0 Å². The molecule has 0 heterocycles. The number of phenols is 1. The number of benzene rings is 1. The first-order valence-electron chi connectivity index (χ1n) is 3.86. The molecule has 0 aliphatic rings. The summed E-state index contributed by atoms with van der Waals surface area (Å²) in [4.78, 5) is 20.3. The van der Waals surface area contributed by atoms with E-state index in [-0.39, 0.29) is 5.75 Å². The molecule has 0 spiro atoms. The van der Waals surface area contributed by atoms with E-state index < -0.39 is 22.3 Å². The second kappa shape index (κ2) is 4.23. The normalized spacial score (nSPS) is 9.33. The van der Waals surface area contributed by atoms with E-state index >= 15 is 0 Å². The Morgan fingerprint density at radius 2 is 2.27 bits per heavy atom. The van der Waals surface area contributed by atoms with Gasteiger partial charge >= 0.3 is 11.7 Å². The lowest BCUT2D eigenvalue weighted by Crippen LogP contribution is -2.02. The Labute approximate surface area is 84.6 Å². The maximum absolute atomic E-state index is 10.8. The smallest absolute Gasteiger partial charge is 0.335 e. The summed E-state index contributed by atoms with van der Waals surface area (Å²) >= 11 is 0. The largest absolute Gasteiger partial charge is 0.502 e. The van der Waals surface area contributed by atoms with Gasteiger partial charge in [0.2, 0.25) is 0 Å². The first-order chi connectivity index (χ1) is 7.04. The standard InChI is InChI=1S/C9H7NO5/c1-2-9(12)15-6-3-4-7(10(13)14)8(11)5-6/h2-5,11H,1H2. The van der Waals surface area contributed by atoms with Gasteiger partial charge in [-0.05, 0) is 6.07 Å². The second-order valence-electron chi connectivity index (χ2n) is 2.53. The number of aromatic hydroxyl groups is 1. The molecular formula is C9H7NO5.